The van der Waals surface area contributed by atoms with Crippen molar-refractivity contribution in [1.82, 2.24) is 0 Å². The van der Waals surface area contributed by atoms with Crippen molar-refractivity contribution in [3.63, 3.8) is 0 Å². The van der Waals surface area contributed by atoms with E-state index >= 15 is 0 Å². The Balaban J connectivity index is -0.0000000960. The van der Waals surface area contributed by atoms with Crippen molar-refractivity contribution in [3.05, 3.63) is 0 Å². The molecule has 0 atom stereocenters. The van der Waals surface area contributed by atoms with Crippen LogP contribution in [0.1, 0.15) is 57.8 Å². The van der Waals surface area contributed by atoms with Crippen LogP contribution < -0.4 is 30.6 Å². The normalized spacial score (nSPS) is 8.28. The first kappa shape index (κ1) is 39.1. The molecule has 0 heterocycles. The predicted octanol–water partition coefficient (Wildman–Crippen LogP) is -7.03. The number of carbonyl (C=O) groups is 6. The zero-order valence-corrected chi connectivity index (χ0v) is 21.5. The molecule has 0 aliphatic carbocycles. The van der Waals surface area contributed by atoms with E-state index in [4.69, 9.17) is 0 Å². The number of carbonyl (C=O) groups excluding carboxylic acids is 6. The molecule has 0 aliphatic rings. The SMILES string of the molecule is O=C([O-])CCCC(=O)[O-].O=C([O-])CCCC(=O)[O-].O=C([O-])CCCC(=O)[O-].[Ce+3].[Ce+3]. The summed E-state index contributed by atoms with van der Waals surface area (Å²) in [4.78, 5) is 57.9. The van der Waals surface area contributed by atoms with Gasteiger partial charge in [-0.15, -0.1) is 0 Å². The summed E-state index contributed by atoms with van der Waals surface area (Å²) in [5, 5.41) is 57.9. The van der Waals surface area contributed by atoms with Crippen LogP contribution in [0.3, 0.4) is 0 Å². The van der Waals surface area contributed by atoms with Crippen LogP contribution in [0.4, 0.5) is 0 Å². The van der Waals surface area contributed by atoms with E-state index in [2.05, 4.69) is 0 Å². The summed E-state index contributed by atoms with van der Waals surface area (Å²) >= 11 is 0. The van der Waals surface area contributed by atoms with E-state index in [1.807, 2.05) is 0 Å². The van der Waals surface area contributed by atoms with E-state index in [0.717, 1.165) is 0 Å². The molecule has 0 aromatic heterocycles. The molecule has 0 rings (SSSR count). The van der Waals surface area contributed by atoms with Gasteiger partial charge in [0, 0.05) is 35.8 Å². The summed E-state index contributed by atoms with van der Waals surface area (Å²) in [5.74, 6) is -7.35. The Kier molecular flexibility index (Phi) is 37.2. The van der Waals surface area contributed by atoms with E-state index < -0.39 is 35.8 Å². The van der Waals surface area contributed by atoms with Crippen LogP contribution in [0.5, 0.6) is 0 Å². The van der Waals surface area contributed by atoms with Crippen molar-refractivity contribution >= 4 is 35.8 Å². The van der Waals surface area contributed by atoms with Crippen LogP contribution in [-0.4, -0.2) is 35.8 Å². The molecular formula is C15H18Ce2O12. The van der Waals surface area contributed by atoms with Gasteiger partial charge >= 0.3 is 83.5 Å². The number of hydrogen-bond acceptors (Lipinski definition) is 12. The van der Waals surface area contributed by atoms with E-state index in [9.17, 15) is 59.4 Å². The largest absolute Gasteiger partial charge is 3.00 e. The monoisotopic (exact) mass is 670 g/mol. The van der Waals surface area contributed by atoms with Gasteiger partial charge in [0.05, 0.1) is 0 Å². The zero-order valence-electron chi connectivity index (χ0n) is 15.3. The maximum Gasteiger partial charge on any atom is 3.00 e. The van der Waals surface area contributed by atoms with Crippen LogP contribution in [0.2, 0.25) is 0 Å². The second-order valence-electron chi connectivity index (χ2n) is 4.79. The zero-order chi connectivity index (χ0) is 21.8. The van der Waals surface area contributed by atoms with Crippen molar-refractivity contribution in [2.45, 2.75) is 57.8 Å². The fraction of sp³-hybridized carbons (Fsp3) is 0.600. The standard InChI is InChI=1S/3C5H8O4.2Ce/c3*6-4(7)2-1-3-5(8)9;;/h3*1-3H2,(H,6,7)(H,8,9);;/q;;;2*+3/p-6. The van der Waals surface area contributed by atoms with Gasteiger partial charge in [-0.2, -0.15) is 0 Å². The van der Waals surface area contributed by atoms with Gasteiger partial charge in [0.15, 0.2) is 0 Å². The van der Waals surface area contributed by atoms with Crippen molar-refractivity contribution in [2.75, 3.05) is 0 Å². The molecule has 29 heavy (non-hydrogen) atoms. The van der Waals surface area contributed by atoms with Gasteiger partial charge < -0.3 is 59.4 Å². The number of carboxylic acids is 6. The molecule has 0 bridgehead atoms. The first-order valence-electron chi connectivity index (χ1n) is 7.57. The Labute approximate surface area is 233 Å². The minimum atomic E-state index is -1.23. The molecule has 0 N–H and O–H groups in total. The third kappa shape index (κ3) is 58.4. The van der Waals surface area contributed by atoms with Crippen molar-refractivity contribution in [2.24, 2.45) is 0 Å². The molecule has 14 heteroatoms. The summed E-state index contributed by atoms with van der Waals surface area (Å²) in [7, 11) is 0. The first-order chi connectivity index (χ1) is 12.4. The van der Waals surface area contributed by atoms with Crippen LogP contribution in [-0.2, 0) is 28.8 Å². The van der Waals surface area contributed by atoms with E-state index in [1.54, 1.807) is 0 Å². The van der Waals surface area contributed by atoms with Gasteiger partial charge in [-0.1, -0.05) is 0 Å². The molecule has 0 fully saturated rings. The molecular weight excluding hydrogens is 652 g/mol. The molecule has 158 valence electrons. The number of aliphatic carboxylic acids is 6. The average molecular weight is 671 g/mol. The molecule has 0 amide bonds. The Morgan fingerprint density at radius 2 is 0.448 bits per heavy atom. The second kappa shape index (κ2) is 27.6. The smallest absolute Gasteiger partial charge is 0.550 e. The number of rotatable bonds is 12. The minimum Gasteiger partial charge on any atom is -0.550 e. The molecule has 2 radical (unpaired) electrons. The average Bonchev–Trinajstić information content (AvgIpc) is 2.46. The van der Waals surface area contributed by atoms with Crippen molar-refractivity contribution < 1.29 is 143 Å². The Hall–Kier alpha value is -0.427. The molecule has 0 saturated heterocycles. The number of hydrogen-bond donors (Lipinski definition) is 0. The van der Waals surface area contributed by atoms with Gasteiger partial charge in [0.1, 0.15) is 0 Å². The topological polar surface area (TPSA) is 241 Å². The van der Waals surface area contributed by atoms with Gasteiger partial charge in [-0.05, 0) is 57.8 Å². The Morgan fingerprint density at radius 1 is 0.345 bits per heavy atom. The van der Waals surface area contributed by atoms with Gasteiger partial charge in [-0.25, -0.2) is 0 Å². The van der Waals surface area contributed by atoms with Gasteiger partial charge in [0.2, 0.25) is 0 Å². The van der Waals surface area contributed by atoms with Crippen LogP contribution in [0.15, 0.2) is 0 Å². The van der Waals surface area contributed by atoms with E-state index in [-0.39, 0.29) is 141 Å². The molecule has 0 aromatic rings. The fourth-order valence-corrected chi connectivity index (χ4v) is 1.13. The van der Waals surface area contributed by atoms with Crippen molar-refractivity contribution in [3.8, 4) is 0 Å². The molecule has 0 unspecified atom stereocenters. The van der Waals surface area contributed by atoms with Gasteiger partial charge in [0.25, 0.3) is 0 Å². The molecule has 0 aromatic carbocycles. The number of carboxylic acid groups (broad SMARTS) is 6. The van der Waals surface area contributed by atoms with E-state index in [1.165, 1.54) is 0 Å². The quantitative estimate of drug-likeness (QED) is 0.188. The van der Waals surface area contributed by atoms with Crippen LogP contribution in [0, 0.1) is 83.5 Å². The van der Waals surface area contributed by atoms with Gasteiger partial charge in [-0.3, -0.25) is 0 Å². The Morgan fingerprint density at radius 3 is 0.517 bits per heavy atom. The first-order valence-corrected chi connectivity index (χ1v) is 7.57. The maximum absolute atomic E-state index is 9.66. The molecule has 0 spiro atoms. The van der Waals surface area contributed by atoms with E-state index in [0.29, 0.717) is 0 Å². The predicted molar refractivity (Wildman–Crippen MR) is 71.6 cm³/mol. The summed E-state index contributed by atoms with van der Waals surface area (Å²) < 4.78 is 0. The van der Waals surface area contributed by atoms with Crippen LogP contribution in [0.25, 0.3) is 0 Å². The third-order valence-electron chi connectivity index (χ3n) is 2.29. The molecule has 12 nitrogen and oxygen atoms in total. The van der Waals surface area contributed by atoms with Crippen LogP contribution >= 0.6 is 0 Å². The Bertz CT molecular complexity index is 394. The second-order valence-corrected chi connectivity index (χ2v) is 4.79. The molecule has 0 saturated carbocycles. The van der Waals surface area contributed by atoms with Crippen molar-refractivity contribution in [1.29, 1.82) is 0 Å². The fourth-order valence-electron chi connectivity index (χ4n) is 1.13. The minimum absolute atomic E-state index is 0. The maximum atomic E-state index is 9.66. The summed E-state index contributed by atoms with van der Waals surface area (Å²) in [6, 6.07) is 0. The third-order valence-corrected chi connectivity index (χ3v) is 2.29. The molecule has 0 aliphatic heterocycles. The summed E-state index contributed by atoms with van der Waals surface area (Å²) in [6.07, 6.45) is -1.02. The summed E-state index contributed by atoms with van der Waals surface area (Å²) in [6.45, 7) is 0. The summed E-state index contributed by atoms with van der Waals surface area (Å²) in [5.41, 5.74) is 0.